The molecular formula is C19H21N7. The standard InChI is InChI=1S/C19H21N7/c1-14-23-16(12-18(24-14)25-17-7-2-3-8-20-17)15-6-4-11-26(13-15)19-21-9-5-10-22-19/h2-3,5,7-10,12,15H,4,6,11,13H2,1H3,(H,20,23,24,25). The highest BCUT2D eigenvalue weighted by atomic mass is 15.3. The highest BCUT2D eigenvalue weighted by molar-refractivity contribution is 5.52. The van der Waals surface area contributed by atoms with Crippen molar-refractivity contribution in [3.05, 3.63) is 60.4 Å². The second-order valence-electron chi connectivity index (χ2n) is 6.40. The number of nitrogens with zero attached hydrogens (tertiary/aromatic N) is 6. The first-order chi connectivity index (χ1) is 12.8. The monoisotopic (exact) mass is 347 g/mol. The summed E-state index contributed by atoms with van der Waals surface area (Å²) < 4.78 is 0. The molecule has 0 aliphatic carbocycles. The van der Waals surface area contributed by atoms with Gasteiger partial charge in [-0.1, -0.05) is 6.07 Å². The summed E-state index contributed by atoms with van der Waals surface area (Å²) in [5, 5.41) is 3.27. The van der Waals surface area contributed by atoms with E-state index in [9.17, 15) is 0 Å². The van der Waals surface area contributed by atoms with Crippen molar-refractivity contribution in [3.8, 4) is 0 Å². The molecule has 3 aromatic rings. The van der Waals surface area contributed by atoms with E-state index in [1.165, 1.54) is 0 Å². The lowest BCUT2D eigenvalue weighted by Crippen LogP contribution is -2.35. The Hall–Kier alpha value is -3.09. The average molecular weight is 347 g/mol. The number of nitrogens with one attached hydrogen (secondary N) is 1. The smallest absolute Gasteiger partial charge is 0.225 e. The highest BCUT2D eigenvalue weighted by Crippen LogP contribution is 2.28. The largest absolute Gasteiger partial charge is 0.340 e. The third-order valence-electron chi connectivity index (χ3n) is 4.45. The molecule has 7 heteroatoms. The van der Waals surface area contributed by atoms with E-state index >= 15 is 0 Å². The fraction of sp³-hybridized carbons (Fsp3) is 0.316. The number of pyridine rings is 1. The van der Waals surface area contributed by atoms with E-state index in [2.05, 4.69) is 35.1 Å². The van der Waals surface area contributed by atoms with E-state index in [0.717, 1.165) is 55.0 Å². The van der Waals surface area contributed by atoms with Crippen molar-refractivity contribution in [3.63, 3.8) is 0 Å². The van der Waals surface area contributed by atoms with E-state index in [1.807, 2.05) is 37.3 Å². The van der Waals surface area contributed by atoms with Gasteiger partial charge in [0.2, 0.25) is 5.95 Å². The summed E-state index contributed by atoms with van der Waals surface area (Å²) in [4.78, 5) is 24.5. The van der Waals surface area contributed by atoms with E-state index in [0.29, 0.717) is 5.92 Å². The van der Waals surface area contributed by atoms with Crippen molar-refractivity contribution in [1.82, 2.24) is 24.9 Å². The lowest BCUT2D eigenvalue weighted by Gasteiger charge is -2.32. The Morgan fingerprint density at radius 3 is 2.65 bits per heavy atom. The molecule has 26 heavy (non-hydrogen) atoms. The zero-order valence-electron chi connectivity index (χ0n) is 14.7. The Morgan fingerprint density at radius 2 is 1.85 bits per heavy atom. The van der Waals surface area contributed by atoms with Crippen LogP contribution in [-0.2, 0) is 0 Å². The molecule has 0 saturated carbocycles. The SMILES string of the molecule is Cc1nc(Nc2ccccn2)cc(C2CCCN(c3ncccn3)C2)n1. The first-order valence-electron chi connectivity index (χ1n) is 8.83. The molecule has 4 heterocycles. The van der Waals surface area contributed by atoms with Crippen LogP contribution in [0.1, 0.15) is 30.3 Å². The molecule has 0 radical (unpaired) electrons. The molecule has 1 atom stereocenters. The van der Waals surface area contributed by atoms with Gasteiger partial charge in [0, 0.05) is 43.7 Å². The minimum Gasteiger partial charge on any atom is -0.340 e. The molecule has 1 aliphatic rings. The van der Waals surface area contributed by atoms with Crippen LogP contribution in [0.15, 0.2) is 48.9 Å². The maximum absolute atomic E-state index is 4.69. The quantitative estimate of drug-likeness (QED) is 0.777. The normalized spacial score (nSPS) is 17.1. The van der Waals surface area contributed by atoms with Crippen LogP contribution in [0.25, 0.3) is 0 Å². The first-order valence-corrected chi connectivity index (χ1v) is 8.83. The molecule has 0 bridgehead atoms. The molecule has 4 rings (SSSR count). The second kappa shape index (κ2) is 7.43. The third kappa shape index (κ3) is 3.77. The van der Waals surface area contributed by atoms with Gasteiger partial charge in [-0.05, 0) is 38.0 Å². The molecule has 0 aromatic carbocycles. The number of aryl methyl sites for hydroxylation is 1. The summed E-state index contributed by atoms with van der Waals surface area (Å²) in [6, 6.07) is 9.63. The van der Waals surface area contributed by atoms with Crippen LogP contribution in [0.3, 0.4) is 0 Å². The summed E-state index contributed by atoms with van der Waals surface area (Å²) in [7, 11) is 0. The van der Waals surface area contributed by atoms with Gasteiger partial charge in [0.05, 0.1) is 5.69 Å². The van der Waals surface area contributed by atoms with Gasteiger partial charge in [0.25, 0.3) is 0 Å². The van der Waals surface area contributed by atoms with Gasteiger partial charge in [-0.15, -0.1) is 0 Å². The fourth-order valence-electron chi connectivity index (χ4n) is 3.29. The maximum Gasteiger partial charge on any atom is 0.225 e. The van der Waals surface area contributed by atoms with Gasteiger partial charge in [-0.2, -0.15) is 0 Å². The van der Waals surface area contributed by atoms with E-state index in [1.54, 1.807) is 18.6 Å². The van der Waals surface area contributed by atoms with Crippen molar-refractivity contribution in [1.29, 1.82) is 0 Å². The average Bonchev–Trinajstić information content (AvgIpc) is 2.69. The molecule has 0 amide bonds. The summed E-state index contributed by atoms with van der Waals surface area (Å²) in [6.45, 7) is 3.76. The van der Waals surface area contributed by atoms with Crippen LogP contribution < -0.4 is 10.2 Å². The Balaban J connectivity index is 1.55. The molecule has 1 N–H and O–H groups in total. The van der Waals surface area contributed by atoms with E-state index in [-0.39, 0.29) is 0 Å². The lowest BCUT2D eigenvalue weighted by molar-refractivity contribution is 0.494. The number of piperidine rings is 1. The van der Waals surface area contributed by atoms with Crippen molar-refractivity contribution < 1.29 is 0 Å². The zero-order chi connectivity index (χ0) is 17.8. The molecule has 1 aliphatic heterocycles. The lowest BCUT2D eigenvalue weighted by atomic mass is 9.94. The topological polar surface area (TPSA) is 79.7 Å². The predicted molar refractivity (Wildman–Crippen MR) is 101 cm³/mol. The Morgan fingerprint density at radius 1 is 1.00 bits per heavy atom. The Bertz CT molecular complexity index is 854. The van der Waals surface area contributed by atoms with Gasteiger partial charge >= 0.3 is 0 Å². The van der Waals surface area contributed by atoms with Crippen LogP contribution in [0, 0.1) is 6.92 Å². The molecule has 1 saturated heterocycles. The summed E-state index contributed by atoms with van der Waals surface area (Å²) in [6.07, 6.45) is 7.53. The third-order valence-corrected chi connectivity index (χ3v) is 4.45. The zero-order valence-corrected chi connectivity index (χ0v) is 14.7. The predicted octanol–water partition coefficient (Wildman–Crippen LogP) is 3.10. The number of rotatable bonds is 4. The van der Waals surface area contributed by atoms with Gasteiger partial charge in [0.1, 0.15) is 17.5 Å². The molecule has 1 fully saturated rings. The van der Waals surface area contributed by atoms with Crippen LogP contribution >= 0.6 is 0 Å². The van der Waals surface area contributed by atoms with E-state index in [4.69, 9.17) is 0 Å². The van der Waals surface area contributed by atoms with Crippen molar-refractivity contribution in [2.75, 3.05) is 23.3 Å². The highest BCUT2D eigenvalue weighted by Gasteiger charge is 2.24. The van der Waals surface area contributed by atoms with Gasteiger partial charge < -0.3 is 10.2 Å². The van der Waals surface area contributed by atoms with Crippen molar-refractivity contribution in [2.45, 2.75) is 25.7 Å². The summed E-state index contributed by atoms with van der Waals surface area (Å²) in [5.41, 5.74) is 1.05. The molecule has 132 valence electrons. The molecule has 3 aromatic heterocycles. The molecule has 7 nitrogen and oxygen atoms in total. The second-order valence-corrected chi connectivity index (χ2v) is 6.40. The van der Waals surface area contributed by atoms with Gasteiger partial charge in [0.15, 0.2) is 0 Å². The first kappa shape index (κ1) is 16.4. The summed E-state index contributed by atoms with van der Waals surface area (Å²) in [5.74, 6) is 3.43. The Kier molecular flexibility index (Phi) is 4.68. The number of hydrogen-bond donors (Lipinski definition) is 1. The van der Waals surface area contributed by atoms with Gasteiger partial charge in [-0.25, -0.2) is 24.9 Å². The van der Waals surface area contributed by atoms with E-state index < -0.39 is 0 Å². The van der Waals surface area contributed by atoms with Crippen LogP contribution in [0.2, 0.25) is 0 Å². The molecular weight excluding hydrogens is 326 g/mol. The number of aromatic nitrogens is 5. The Labute approximate surface area is 152 Å². The number of anilines is 3. The van der Waals surface area contributed by atoms with Gasteiger partial charge in [-0.3, -0.25) is 0 Å². The maximum atomic E-state index is 4.69. The van der Waals surface area contributed by atoms with Crippen LogP contribution in [0.4, 0.5) is 17.6 Å². The van der Waals surface area contributed by atoms with Crippen molar-refractivity contribution >= 4 is 17.6 Å². The fourth-order valence-corrected chi connectivity index (χ4v) is 3.29. The summed E-state index contributed by atoms with van der Waals surface area (Å²) >= 11 is 0. The van der Waals surface area contributed by atoms with Crippen LogP contribution in [0.5, 0.6) is 0 Å². The number of hydrogen-bond acceptors (Lipinski definition) is 7. The minimum atomic E-state index is 0.332. The molecule has 0 spiro atoms. The minimum absolute atomic E-state index is 0.332. The molecule has 1 unspecified atom stereocenters. The van der Waals surface area contributed by atoms with Crippen molar-refractivity contribution in [2.24, 2.45) is 0 Å². The van der Waals surface area contributed by atoms with Crippen LogP contribution in [-0.4, -0.2) is 38.0 Å².